The Bertz CT molecular complexity index is 1840. The summed E-state index contributed by atoms with van der Waals surface area (Å²) in [7, 11) is 3.39. The van der Waals surface area contributed by atoms with Gasteiger partial charge in [-0.1, -0.05) is 29.4 Å². The number of piperazine rings is 1. The molecule has 7 atom stereocenters. The molecule has 4 heterocycles. The summed E-state index contributed by atoms with van der Waals surface area (Å²) in [5.74, 6) is -1.91. The molecule has 1 aromatic carbocycles. The molecule has 4 bridgehead atoms. The van der Waals surface area contributed by atoms with Gasteiger partial charge in [0.05, 0.1) is 24.2 Å². The molecule has 3 aliphatic carbocycles. The number of methoxy groups -OCH3 is 1. The lowest BCUT2D eigenvalue weighted by Crippen LogP contribution is -2.82. The largest absolute Gasteiger partial charge is 0.506 e. The number of ether oxygens (including phenoxy) is 4. The highest BCUT2D eigenvalue weighted by molar-refractivity contribution is 6.10. The van der Waals surface area contributed by atoms with Crippen molar-refractivity contribution in [2.45, 2.75) is 109 Å². The molecule has 7 aliphatic rings. The number of hydrogen-bond donors (Lipinski definition) is 1. The molecule has 8 rings (SSSR count). The zero-order valence-corrected chi connectivity index (χ0v) is 32.8. The third-order valence-electron chi connectivity index (χ3n) is 12.8. The van der Waals surface area contributed by atoms with Crippen LogP contribution in [-0.2, 0) is 25.5 Å². The summed E-state index contributed by atoms with van der Waals surface area (Å²) < 4.78 is 26.3. The Morgan fingerprint density at radius 2 is 1.72 bits per heavy atom. The number of likely N-dealkylation sites (N-methyl/N-ethyl adjacent to an activating group) is 1. The molecule has 1 spiro atoms. The van der Waals surface area contributed by atoms with Gasteiger partial charge in [-0.3, -0.25) is 14.5 Å². The SMILES string of the molecule is COC(=O)/C=C/C[C@]12OC(C)(C)C3C[C@H](C1=O)C(N1CCN(C)CC1)C1C(=O)c4c(O)c5c(c(CC=C(C)C)c4O[C@]132)O[C@](C)(CCC=C(C)C)C=C5. The predicted molar refractivity (Wildman–Crippen MR) is 202 cm³/mol. The summed E-state index contributed by atoms with van der Waals surface area (Å²) in [6, 6.07) is -0.440. The minimum atomic E-state index is -1.56. The summed E-state index contributed by atoms with van der Waals surface area (Å²) in [5, 5.41) is 12.2. The van der Waals surface area contributed by atoms with Crippen LogP contribution in [0.5, 0.6) is 17.2 Å². The lowest BCUT2D eigenvalue weighted by molar-refractivity contribution is -0.214. The molecule has 53 heavy (non-hydrogen) atoms. The first-order valence-corrected chi connectivity index (χ1v) is 19.2. The fourth-order valence-corrected chi connectivity index (χ4v) is 10.4. The second kappa shape index (κ2) is 13.2. The number of fused-ring (bicyclic) bond motifs is 2. The molecule has 0 radical (unpaired) electrons. The third kappa shape index (κ3) is 5.73. The van der Waals surface area contributed by atoms with Gasteiger partial charge < -0.3 is 29.0 Å². The predicted octanol–water partition coefficient (Wildman–Crippen LogP) is 6.24. The number of rotatable bonds is 9. The Balaban J connectivity index is 1.47. The van der Waals surface area contributed by atoms with Crippen LogP contribution in [0.2, 0.25) is 0 Å². The van der Waals surface area contributed by atoms with Crippen molar-refractivity contribution in [2.75, 3.05) is 40.3 Å². The van der Waals surface area contributed by atoms with Gasteiger partial charge in [-0.15, -0.1) is 0 Å². The Morgan fingerprint density at radius 3 is 2.38 bits per heavy atom. The fraction of sp³-hybridized carbons (Fsp3) is 0.605. The molecule has 1 N–H and O–H groups in total. The van der Waals surface area contributed by atoms with E-state index in [1.54, 1.807) is 6.08 Å². The molecule has 0 amide bonds. The van der Waals surface area contributed by atoms with E-state index in [0.29, 0.717) is 49.2 Å². The van der Waals surface area contributed by atoms with Crippen LogP contribution >= 0.6 is 0 Å². The Labute approximate surface area is 313 Å². The molecular weight excluding hydrogens is 672 g/mol. The van der Waals surface area contributed by atoms with Crippen molar-refractivity contribution in [1.82, 2.24) is 9.80 Å². The van der Waals surface area contributed by atoms with Gasteiger partial charge in [-0.2, -0.15) is 0 Å². The topological polar surface area (TPSA) is 115 Å². The lowest BCUT2D eigenvalue weighted by atomic mass is 9.44. The molecule has 0 aromatic heterocycles. The van der Waals surface area contributed by atoms with Crippen LogP contribution in [0.15, 0.2) is 41.5 Å². The van der Waals surface area contributed by atoms with Crippen molar-refractivity contribution in [3.63, 3.8) is 0 Å². The maximum absolute atomic E-state index is 15.7. The molecule has 5 fully saturated rings. The van der Waals surface area contributed by atoms with Crippen molar-refractivity contribution in [2.24, 2.45) is 17.8 Å². The van der Waals surface area contributed by atoms with E-state index in [4.69, 9.17) is 18.9 Å². The summed E-state index contributed by atoms with van der Waals surface area (Å²) >= 11 is 0. The molecule has 2 saturated heterocycles. The smallest absolute Gasteiger partial charge is 0.330 e. The van der Waals surface area contributed by atoms with Gasteiger partial charge in [0.1, 0.15) is 28.4 Å². The number of Topliss-reactive ketones (excluding diaryl/α,β-unsaturated/α-hetero) is 2. The first-order valence-electron chi connectivity index (χ1n) is 19.2. The molecular formula is C43H56N2O8. The highest BCUT2D eigenvalue weighted by Gasteiger charge is 2.85. The summed E-state index contributed by atoms with van der Waals surface area (Å²) in [6.45, 7) is 17.2. The van der Waals surface area contributed by atoms with E-state index in [1.165, 1.54) is 18.8 Å². The van der Waals surface area contributed by atoms with Crippen LogP contribution in [0.3, 0.4) is 0 Å². The van der Waals surface area contributed by atoms with Crippen molar-refractivity contribution in [1.29, 1.82) is 0 Å². The van der Waals surface area contributed by atoms with Gasteiger partial charge in [-0.25, -0.2) is 4.79 Å². The highest BCUT2D eigenvalue weighted by atomic mass is 16.6. The Hall–Kier alpha value is -3.73. The average Bonchev–Trinajstić information content (AvgIpc) is 3.23. The van der Waals surface area contributed by atoms with Gasteiger partial charge >= 0.3 is 5.97 Å². The van der Waals surface area contributed by atoms with Crippen molar-refractivity contribution in [3.8, 4) is 17.2 Å². The number of hydrogen-bond acceptors (Lipinski definition) is 10. The normalized spacial score (nSPS) is 33.8. The van der Waals surface area contributed by atoms with Gasteiger partial charge in [0.2, 0.25) is 0 Å². The maximum atomic E-state index is 15.7. The zero-order valence-electron chi connectivity index (χ0n) is 32.8. The number of aromatic hydroxyl groups is 1. The number of allylic oxidation sites excluding steroid dienone is 4. The number of phenolic OH excluding ortho intramolecular Hbond substituents is 1. The van der Waals surface area contributed by atoms with Crippen LogP contribution in [0.25, 0.3) is 6.08 Å². The number of esters is 1. The zero-order chi connectivity index (χ0) is 38.2. The van der Waals surface area contributed by atoms with Gasteiger partial charge in [0.25, 0.3) is 0 Å². The number of phenols is 1. The molecule has 10 heteroatoms. The Morgan fingerprint density at radius 1 is 1.02 bits per heavy atom. The number of carbonyl (C=O) groups is 3. The second-order valence-electron chi connectivity index (χ2n) is 17.3. The standard InChI is InChI=1S/C43H56N2O8/c1-25(2)12-10-17-41(7)19-16-27-35(47)32-36(48)33-34(45-22-20-44(8)21-23-45)29-24-30-40(5,6)53-42(39(29)49,18-11-13-31(46)50-9)43(30,33)52-38(32)28(37(27)51-41)15-14-26(3)4/h11-14,16,19,29-30,33-34,47H,10,15,17-18,20-24H2,1-9H3/b13-11+/t29-,30?,33?,34?,41+,42-,43-/m0/s1. The quantitative estimate of drug-likeness (QED) is 0.178. The molecule has 10 nitrogen and oxygen atoms in total. The van der Waals surface area contributed by atoms with E-state index in [9.17, 15) is 9.90 Å². The van der Waals surface area contributed by atoms with Crippen LogP contribution in [-0.4, -0.2) is 101 Å². The van der Waals surface area contributed by atoms with Gasteiger partial charge in [0.15, 0.2) is 22.8 Å². The van der Waals surface area contributed by atoms with Crippen LogP contribution < -0.4 is 9.47 Å². The van der Waals surface area contributed by atoms with Gasteiger partial charge in [-0.05, 0) is 93.3 Å². The first-order chi connectivity index (χ1) is 25.0. The minimum absolute atomic E-state index is 0.0355. The van der Waals surface area contributed by atoms with E-state index in [-0.39, 0.29) is 41.0 Å². The summed E-state index contributed by atoms with van der Waals surface area (Å²) in [4.78, 5) is 47.8. The maximum Gasteiger partial charge on any atom is 0.330 e. The lowest BCUT2D eigenvalue weighted by Gasteiger charge is -2.65. The van der Waals surface area contributed by atoms with E-state index < -0.39 is 46.3 Å². The van der Waals surface area contributed by atoms with Crippen LogP contribution in [0, 0.1) is 17.8 Å². The van der Waals surface area contributed by atoms with Crippen molar-refractivity contribution < 1.29 is 38.4 Å². The average molecular weight is 729 g/mol. The molecule has 4 aliphatic heterocycles. The van der Waals surface area contributed by atoms with E-state index in [0.717, 1.165) is 25.1 Å². The van der Waals surface area contributed by atoms with E-state index >= 15 is 9.59 Å². The molecule has 3 unspecified atom stereocenters. The second-order valence-corrected chi connectivity index (χ2v) is 17.3. The van der Waals surface area contributed by atoms with Crippen molar-refractivity contribution in [3.05, 3.63) is 58.2 Å². The number of benzene rings is 1. The highest BCUT2D eigenvalue weighted by Crippen LogP contribution is 2.71. The third-order valence-corrected chi connectivity index (χ3v) is 12.8. The molecule has 286 valence electrons. The van der Waals surface area contributed by atoms with Crippen LogP contribution in [0.1, 0.15) is 95.6 Å². The van der Waals surface area contributed by atoms with Crippen LogP contribution in [0.4, 0.5) is 0 Å². The monoisotopic (exact) mass is 728 g/mol. The van der Waals surface area contributed by atoms with E-state index in [2.05, 4.69) is 42.8 Å². The molecule has 1 aromatic rings. The number of carbonyl (C=O) groups excluding carboxylic acids is 3. The number of nitrogens with zero attached hydrogens (tertiary/aromatic N) is 2. The molecule has 3 saturated carbocycles. The number of ketones is 2. The minimum Gasteiger partial charge on any atom is -0.506 e. The first kappa shape index (κ1) is 37.6. The summed E-state index contributed by atoms with van der Waals surface area (Å²) in [6.07, 6.45) is 13.5. The Kier molecular flexibility index (Phi) is 9.39. The summed E-state index contributed by atoms with van der Waals surface area (Å²) in [5.41, 5.74) is -0.901. The van der Waals surface area contributed by atoms with Gasteiger partial charge in [0, 0.05) is 62.1 Å². The fourth-order valence-electron chi connectivity index (χ4n) is 10.4. The van der Waals surface area contributed by atoms with E-state index in [1.807, 2.05) is 46.8 Å². The van der Waals surface area contributed by atoms with Crippen molar-refractivity contribution >= 4 is 23.6 Å².